The van der Waals surface area contributed by atoms with Crippen molar-refractivity contribution in [2.24, 2.45) is 10.8 Å². The van der Waals surface area contributed by atoms with E-state index in [0.29, 0.717) is 6.61 Å². The first-order valence-electron chi connectivity index (χ1n) is 24.8. The number of nitrogens with zero attached hydrogens (tertiary/aromatic N) is 1. The van der Waals surface area contributed by atoms with Crippen molar-refractivity contribution in [2.75, 3.05) is 32.8 Å². The van der Waals surface area contributed by atoms with E-state index in [9.17, 15) is 14.7 Å². The maximum Gasteiger partial charge on any atom is 0.311 e. The minimum atomic E-state index is -0.441. The minimum absolute atomic E-state index is 0.00441. The summed E-state index contributed by atoms with van der Waals surface area (Å²) in [5.74, 6) is -0.0424. The van der Waals surface area contributed by atoms with Crippen LogP contribution < -0.4 is 0 Å². The summed E-state index contributed by atoms with van der Waals surface area (Å²) < 4.78 is 12.0. The Kier molecular flexibility index (Phi) is 37.3. The number of hydrogen-bond donors (Lipinski definition) is 1. The zero-order chi connectivity index (χ0) is 41.6. The molecule has 0 aromatic rings. The van der Waals surface area contributed by atoms with E-state index < -0.39 is 10.8 Å². The molecule has 0 aliphatic rings. The van der Waals surface area contributed by atoms with Gasteiger partial charge in [-0.15, -0.1) is 0 Å². The molecule has 0 aromatic heterocycles. The van der Waals surface area contributed by atoms with Crippen molar-refractivity contribution in [3.05, 3.63) is 0 Å². The Morgan fingerprint density at radius 1 is 0.464 bits per heavy atom. The molecule has 0 heterocycles. The van der Waals surface area contributed by atoms with Crippen molar-refractivity contribution in [3.63, 3.8) is 0 Å². The summed E-state index contributed by atoms with van der Waals surface area (Å²) in [7, 11) is 0. The van der Waals surface area contributed by atoms with E-state index in [-0.39, 0.29) is 24.6 Å². The lowest BCUT2D eigenvalue weighted by molar-refractivity contribution is -0.161. The summed E-state index contributed by atoms with van der Waals surface area (Å²) in [5, 5.41) is 9.37. The average molecular weight is 794 g/mol. The van der Waals surface area contributed by atoms with Crippen molar-refractivity contribution >= 4 is 11.9 Å². The van der Waals surface area contributed by atoms with Crippen LogP contribution in [0, 0.1) is 10.8 Å². The van der Waals surface area contributed by atoms with Gasteiger partial charge in [-0.25, -0.2) is 0 Å². The van der Waals surface area contributed by atoms with E-state index in [4.69, 9.17) is 9.47 Å². The van der Waals surface area contributed by atoms with Gasteiger partial charge in [-0.1, -0.05) is 162 Å². The molecular weight excluding hydrogens is 695 g/mol. The SMILES string of the molecule is CCCCCCCCCCCOC(=O)C(C)(C)CCCCN(CCCCO)CCCCCCC(C)(C)C(=O)OC(CCCCCCCC)CCCCCCCC. The molecule has 0 spiro atoms. The molecule has 0 amide bonds. The number of esters is 2. The van der Waals surface area contributed by atoms with Crippen LogP contribution in [0.4, 0.5) is 0 Å². The highest BCUT2D eigenvalue weighted by atomic mass is 16.5. The molecular formula is C50H99NO5. The van der Waals surface area contributed by atoms with Crippen LogP contribution in [0.1, 0.15) is 260 Å². The first kappa shape index (κ1) is 54.9. The zero-order valence-corrected chi connectivity index (χ0v) is 39.0. The normalized spacial score (nSPS) is 12.2. The second kappa shape index (κ2) is 38.1. The van der Waals surface area contributed by atoms with Gasteiger partial charge in [0, 0.05) is 6.61 Å². The van der Waals surface area contributed by atoms with Crippen LogP contribution >= 0.6 is 0 Å². The average Bonchev–Trinajstić information content (AvgIpc) is 3.17. The van der Waals surface area contributed by atoms with Gasteiger partial charge in [-0.05, 0) is 118 Å². The third-order valence-electron chi connectivity index (χ3n) is 12.1. The smallest absolute Gasteiger partial charge is 0.311 e. The zero-order valence-electron chi connectivity index (χ0n) is 39.0. The Labute approximate surface area is 350 Å². The Morgan fingerprint density at radius 3 is 1.30 bits per heavy atom. The van der Waals surface area contributed by atoms with Crippen molar-refractivity contribution < 1.29 is 24.2 Å². The van der Waals surface area contributed by atoms with E-state index >= 15 is 0 Å². The van der Waals surface area contributed by atoms with Crippen molar-refractivity contribution in [2.45, 2.75) is 266 Å². The van der Waals surface area contributed by atoms with Crippen LogP contribution in [-0.4, -0.2) is 60.9 Å². The third kappa shape index (κ3) is 32.8. The first-order valence-corrected chi connectivity index (χ1v) is 24.8. The molecule has 334 valence electrons. The van der Waals surface area contributed by atoms with E-state index in [1.54, 1.807) is 0 Å². The third-order valence-corrected chi connectivity index (χ3v) is 12.1. The maximum absolute atomic E-state index is 13.4. The molecule has 1 N–H and O–H groups in total. The largest absolute Gasteiger partial charge is 0.465 e. The molecule has 0 saturated heterocycles. The van der Waals surface area contributed by atoms with Gasteiger partial charge in [0.1, 0.15) is 6.10 Å². The fraction of sp³-hybridized carbons (Fsp3) is 0.960. The Hall–Kier alpha value is -1.14. The van der Waals surface area contributed by atoms with Gasteiger partial charge < -0.3 is 19.5 Å². The molecule has 0 unspecified atom stereocenters. The van der Waals surface area contributed by atoms with Crippen LogP contribution in [0.5, 0.6) is 0 Å². The number of aliphatic hydroxyl groups is 1. The van der Waals surface area contributed by atoms with Gasteiger partial charge in [0.25, 0.3) is 0 Å². The number of carbonyl (C=O) groups is 2. The van der Waals surface area contributed by atoms with Crippen molar-refractivity contribution in [1.29, 1.82) is 0 Å². The number of hydrogen-bond acceptors (Lipinski definition) is 6. The summed E-state index contributed by atoms with van der Waals surface area (Å²) >= 11 is 0. The standard InChI is InChI=1S/C50H99NO5/c1-8-11-14-17-20-21-22-27-36-45-55-47(53)49(4,5)40-31-33-42-51(43-34-35-44-52)41-32-26-25-30-39-50(6,7)48(54)56-46(37-28-23-18-15-12-9-2)38-29-24-19-16-13-10-3/h46,52H,8-45H2,1-7H3. The number of rotatable bonds is 43. The van der Waals surface area contributed by atoms with Crippen LogP contribution in [0.3, 0.4) is 0 Å². The van der Waals surface area contributed by atoms with E-state index in [0.717, 1.165) is 110 Å². The highest BCUT2D eigenvalue weighted by Crippen LogP contribution is 2.29. The lowest BCUT2D eigenvalue weighted by Gasteiger charge is -2.27. The molecule has 0 saturated carbocycles. The number of ether oxygens (including phenoxy) is 2. The molecule has 0 aromatic carbocycles. The molecule has 0 radical (unpaired) electrons. The summed E-state index contributed by atoms with van der Waals surface area (Å²) in [4.78, 5) is 28.8. The lowest BCUT2D eigenvalue weighted by Crippen LogP contribution is -2.31. The van der Waals surface area contributed by atoms with E-state index in [2.05, 4.69) is 39.5 Å². The van der Waals surface area contributed by atoms with Crippen molar-refractivity contribution in [1.82, 2.24) is 4.90 Å². The predicted molar refractivity (Wildman–Crippen MR) is 241 cm³/mol. The molecule has 0 aliphatic carbocycles. The molecule has 6 heteroatoms. The molecule has 0 aliphatic heterocycles. The molecule has 6 nitrogen and oxygen atoms in total. The molecule has 0 fully saturated rings. The number of unbranched alkanes of at least 4 members (excludes halogenated alkanes) is 23. The van der Waals surface area contributed by atoms with Gasteiger partial charge in [-0.3, -0.25) is 9.59 Å². The summed E-state index contributed by atoms with van der Waals surface area (Å²) in [6.07, 6.45) is 39.0. The van der Waals surface area contributed by atoms with Crippen LogP contribution in [-0.2, 0) is 19.1 Å². The Bertz CT molecular complexity index is 858. The van der Waals surface area contributed by atoms with Crippen LogP contribution in [0.25, 0.3) is 0 Å². The van der Waals surface area contributed by atoms with E-state index in [1.807, 2.05) is 13.8 Å². The number of carbonyl (C=O) groups excluding carboxylic acids is 2. The van der Waals surface area contributed by atoms with Gasteiger partial charge in [-0.2, -0.15) is 0 Å². The second-order valence-electron chi connectivity index (χ2n) is 18.8. The quantitative estimate of drug-likeness (QED) is 0.0489. The van der Waals surface area contributed by atoms with Gasteiger partial charge >= 0.3 is 11.9 Å². The van der Waals surface area contributed by atoms with Crippen LogP contribution in [0.15, 0.2) is 0 Å². The summed E-state index contributed by atoms with van der Waals surface area (Å²) in [6, 6.07) is 0. The van der Waals surface area contributed by atoms with Gasteiger partial charge in [0.15, 0.2) is 0 Å². The van der Waals surface area contributed by atoms with Gasteiger partial charge in [0.2, 0.25) is 0 Å². The second-order valence-corrected chi connectivity index (χ2v) is 18.8. The molecule has 0 bridgehead atoms. The fourth-order valence-corrected chi connectivity index (χ4v) is 7.80. The summed E-state index contributed by atoms with van der Waals surface area (Å²) in [6.45, 7) is 19.0. The summed E-state index contributed by atoms with van der Waals surface area (Å²) in [5.41, 5.74) is -0.881. The first-order chi connectivity index (χ1) is 27.0. The van der Waals surface area contributed by atoms with Crippen molar-refractivity contribution in [3.8, 4) is 0 Å². The fourth-order valence-electron chi connectivity index (χ4n) is 7.80. The number of aliphatic hydroxyl groups excluding tert-OH is 1. The Balaban J connectivity index is 4.53. The predicted octanol–water partition coefficient (Wildman–Crippen LogP) is 14.7. The van der Waals surface area contributed by atoms with E-state index in [1.165, 1.54) is 122 Å². The molecule has 0 rings (SSSR count). The Morgan fingerprint density at radius 2 is 0.821 bits per heavy atom. The maximum atomic E-state index is 13.4. The highest BCUT2D eigenvalue weighted by molar-refractivity contribution is 5.76. The topological polar surface area (TPSA) is 76.1 Å². The highest BCUT2D eigenvalue weighted by Gasteiger charge is 2.31. The molecule has 56 heavy (non-hydrogen) atoms. The van der Waals surface area contributed by atoms with Gasteiger partial charge in [0.05, 0.1) is 17.4 Å². The lowest BCUT2D eigenvalue weighted by atomic mass is 9.86. The van der Waals surface area contributed by atoms with Crippen LogP contribution in [0.2, 0.25) is 0 Å². The minimum Gasteiger partial charge on any atom is -0.465 e. The monoisotopic (exact) mass is 794 g/mol. The molecule has 0 atom stereocenters.